The molecule has 0 bridgehead atoms. The van der Waals surface area contributed by atoms with Crippen LogP contribution in [0.15, 0.2) is 60.7 Å². The van der Waals surface area contributed by atoms with E-state index >= 15 is 0 Å². The first-order valence-electron chi connectivity index (χ1n) is 5.32. The van der Waals surface area contributed by atoms with E-state index in [1.165, 1.54) is 0 Å². The van der Waals surface area contributed by atoms with Crippen LogP contribution in [-0.2, 0) is 14.0 Å². The Morgan fingerprint density at radius 3 is 1.63 bits per heavy atom. The van der Waals surface area contributed by atoms with Crippen LogP contribution in [0, 0.1) is 0 Å². The zero-order valence-corrected chi connectivity index (χ0v) is 13.9. The molecule has 0 heterocycles. The molecule has 94 valence electrons. The van der Waals surface area contributed by atoms with E-state index in [4.69, 9.17) is 23.5 Å². The van der Waals surface area contributed by atoms with Crippen LogP contribution in [-0.4, -0.2) is 5.97 Å². The molecule has 0 amide bonds. The van der Waals surface area contributed by atoms with Crippen LogP contribution >= 0.6 is 23.5 Å². The van der Waals surface area contributed by atoms with Gasteiger partial charge in [-0.25, -0.2) is 4.79 Å². The monoisotopic (exact) mass is 304 g/mol. The van der Waals surface area contributed by atoms with Gasteiger partial charge in [-0.1, -0.05) is 72.3 Å². The van der Waals surface area contributed by atoms with Crippen molar-refractivity contribution < 1.29 is 40.1 Å². The Kier molecular flexibility index (Phi) is 6.37. The van der Waals surface area contributed by atoms with Crippen LogP contribution < -0.4 is 29.6 Å². The van der Waals surface area contributed by atoms with Crippen molar-refractivity contribution in [2.75, 3.05) is 0 Å². The molecule has 0 saturated carbocycles. The molecule has 0 atom stereocenters. The first-order valence-corrected chi connectivity index (χ1v) is 6.01. The number of carbonyl (C=O) groups excluding carboxylic acids is 1. The molecule has 0 fully saturated rings. The fourth-order valence-electron chi connectivity index (χ4n) is 1.79. The molecule has 2 aromatic carbocycles. The van der Waals surface area contributed by atoms with Gasteiger partial charge in [0, 0.05) is 0 Å². The van der Waals surface area contributed by atoms with E-state index in [-0.39, 0.29) is 31.0 Å². The largest absolute Gasteiger partial charge is 1.00 e. The van der Waals surface area contributed by atoms with E-state index in [1.807, 2.05) is 12.1 Å². The number of carbonyl (C=O) groups is 1. The number of hydrogen-bond donors (Lipinski definition) is 0. The zero-order valence-electron chi connectivity index (χ0n) is 11.3. The smallest absolute Gasteiger partial charge is 1.00 e. The van der Waals surface area contributed by atoms with Crippen LogP contribution in [0.1, 0.15) is 12.6 Å². The maximum absolute atomic E-state index is 11.9. The molecule has 0 radical (unpaired) electrons. The Hall–Kier alpha value is -0.510. The maximum Gasteiger partial charge on any atom is 1.00 e. The predicted molar refractivity (Wildman–Crippen MR) is 72.6 cm³/mol. The summed E-state index contributed by atoms with van der Waals surface area (Å²) in [5, 5.41) is 0. The van der Waals surface area contributed by atoms with Gasteiger partial charge in [0.15, 0.2) is 4.87 Å². The van der Waals surface area contributed by atoms with Crippen molar-refractivity contribution in [1.82, 2.24) is 0 Å². The molecular formula is C14H11Cl2NaO2. The third-order valence-corrected chi connectivity index (χ3v) is 3.43. The van der Waals surface area contributed by atoms with Gasteiger partial charge >= 0.3 is 35.5 Å². The molecule has 0 spiro atoms. The third-order valence-electron chi connectivity index (χ3n) is 2.69. The van der Waals surface area contributed by atoms with E-state index in [0.717, 1.165) is 0 Å². The Balaban J connectivity index is 0.00000180. The molecule has 0 N–H and O–H groups in total. The molecule has 0 aliphatic heterocycles. The quantitative estimate of drug-likeness (QED) is 0.624. The average Bonchev–Trinajstić information content (AvgIpc) is 2.47. The average molecular weight is 305 g/mol. The summed E-state index contributed by atoms with van der Waals surface area (Å²) < 4.78 is 4.33. The molecule has 0 aromatic heterocycles. The second kappa shape index (κ2) is 7.32. The first kappa shape index (κ1) is 16.5. The minimum atomic E-state index is -1.43. The Labute approximate surface area is 145 Å². The van der Waals surface area contributed by atoms with Gasteiger partial charge in [0.1, 0.15) is 11.9 Å². The van der Waals surface area contributed by atoms with Gasteiger partial charge in [0.05, 0.1) is 0 Å². The maximum atomic E-state index is 11.9. The molecule has 19 heavy (non-hydrogen) atoms. The fraction of sp³-hybridized carbons (Fsp3) is 0.0714. The first-order chi connectivity index (χ1) is 8.69. The number of alkyl halides is 1. The van der Waals surface area contributed by atoms with Gasteiger partial charge in [-0.15, -0.1) is 0 Å². The van der Waals surface area contributed by atoms with Crippen molar-refractivity contribution in [3.05, 3.63) is 71.8 Å². The van der Waals surface area contributed by atoms with Crippen molar-refractivity contribution in [3.8, 4) is 0 Å². The van der Waals surface area contributed by atoms with Crippen molar-refractivity contribution in [3.63, 3.8) is 0 Å². The normalized spacial score (nSPS) is 10.4. The second-order valence-electron chi connectivity index (χ2n) is 3.76. The third kappa shape index (κ3) is 3.33. The number of halogens is 2. The molecule has 2 rings (SSSR count). The van der Waals surface area contributed by atoms with Gasteiger partial charge in [0.25, 0.3) is 0 Å². The van der Waals surface area contributed by atoms with E-state index in [2.05, 4.69) is 4.29 Å². The second-order valence-corrected chi connectivity index (χ2v) is 4.48. The van der Waals surface area contributed by atoms with Crippen LogP contribution in [0.4, 0.5) is 0 Å². The van der Waals surface area contributed by atoms with E-state index < -0.39 is 10.8 Å². The van der Waals surface area contributed by atoms with Crippen molar-refractivity contribution in [2.45, 2.75) is 4.87 Å². The summed E-state index contributed by atoms with van der Waals surface area (Å²) in [6, 6.07) is 17.9. The summed E-state index contributed by atoms with van der Waals surface area (Å²) in [5.74, 6) is -0.719. The van der Waals surface area contributed by atoms with Gasteiger partial charge in [0.2, 0.25) is 0 Å². The SMILES string of the molecule is O=C(OCl)C(Cl)(c1ccccc1)c1ccccc1.[H-].[Na+]. The van der Waals surface area contributed by atoms with Gasteiger partial charge in [-0.3, -0.25) is 0 Å². The minimum absolute atomic E-state index is 0. The topological polar surface area (TPSA) is 26.3 Å². The van der Waals surface area contributed by atoms with Crippen LogP contribution in [0.2, 0.25) is 0 Å². The molecule has 2 nitrogen and oxygen atoms in total. The van der Waals surface area contributed by atoms with Gasteiger partial charge in [-0.2, -0.15) is 0 Å². The fourth-order valence-corrected chi connectivity index (χ4v) is 2.24. The minimum Gasteiger partial charge on any atom is -1.00 e. The van der Waals surface area contributed by atoms with Crippen LogP contribution in [0.3, 0.4) is 0 Å². The van der Waals surface area contributed by atoms with E-state index in [1.54, 1.807) is 48.5 Å². The molecule has 0 aliphatic rings. The molecule has 0 unspecified atom stereocenters. The molecule has 0 aliphatic carbocycles. The summed E-state index contributed by atoms with van der Waals surface area (Å²) >= 11 is 11.7. The molecule has 5 heteroatoms. The van der Waals surface area contributed by atoms with Crippen LogP contribution in [0.5, 0.6) is 0 Å². The van der Waals surface area contributed by atoms with Gasteiger partial charge in [-0.05, 0) is 11.1 Å². The number of hydrogen-bond acceptors (Lipinski definition) is 2. The zero-order chi connectivity index (χ0) is 13.0. The van der Waals surface area contributed by atoms with Gasteiger partial charge < -0.3 is 5.72 Å². The summed E-state index contributed by atoms with van der Waals surface area (Å²) in [6.45, 7) is 0. The predicted octanol–water partition coefficient (Wildman–Crippen LogP) is 0.982. The summed E-state index contributed by atoms with van der Waals surface area (Å²) in [5.41, 5.74) is 1.23. The standard InChI is InChI=1S/C14H10Cl2O2.Na.H/c15-14(13(17)18-16,11-7-3-1-4-8-11)12-9-5-2-6-10-12;;/h1-10H;;/q;+1;-1. The molecule has 2 aromatic rings. The van der Waals surface area contributed by atoms with Crippen molar-refractivity contribution in [1.29, 1.82) is 0 Å². The van der Waals surface area contributed by atoms with E-state index in [9.17, 15) is 4.79 Å². The Bertz CT molecular complexity index is 498. The summed E-state index contributed by atoms with van der Waals surface area (Å²) in [6.07, 6.45) is 0. The van der Waals surface area contributed by atoms with Crippen molar-refractivity contribution >= 4 is 29.4 Å². The van der Waals surface area contributed by atoms with E-state index in [0.29, 0.717) is 11.1 Å². The summed E-state index contributed by atoms with van der Waals surface area (Å²) in [4.78, 5) is 10.5. The summed E-state index contributed by atoms with van der Waals surface area (Å²) in [7, 11) is 0. The molecule has 0 saturated heterocycles. The molecular weight excluding hydrogens is 294 g/mol. The Morgan fingerprint density at radius 2 is 1.32 bits per heavy atom. The number of benzene rings is 2. The Morgan fingerprint density at radius 1 is 0.947 bits per heavy atom. The van der Waals surface area contributed by atoms with Crippen molar-refractivity contribution in [2.24, 2.45) is 0 Å². The van der Waals surface area contributed by atoms with Crippen LogP contribution in [0.25, 0.3) is 0 Å². The number of rotatable bonds is 3.